The Labute approximate surface area is 216 Å². The highest BCUT2D eigenvalue weighted by Gasteiger charge is 2.54. The van der Waals surface area contributed by atoms with Gasteiger partial charge in [0, 0.05) is 37.5 Å². The topological polar surface area (TPSA) is 88.2 Å². The highest BCUT2D eigenvalue weighted by atomic mass is 35.5. The molecule has 0 saturated carbocycles. The van der Waals surface area contributed by atoms with Crippen LogP contribution in [0, 0.1) is 0 Å². The number of ether oxygens (including phenoxy) is 2. The lowest BCUT2D eigenvalue weighted by molar-refractivity contribution is -0.128. The highest BCUT2D eigenvalue weighted by molar-refractivity contribution is 6.33. The third-order valence-electron chi connectivity index (χ3n) is 7.06. The molecule has 2 atom stereocenters. The zero-order valence-corrected chi connectivity index (χ0v) is 21.6. The zero-order valence-electron chi connectivity index (χ0n) is 20.8. The van der Waals surface area contributed by atoms with E-state index in [4.69, 9.17) is 21.1 Å². The Morgan fingerprint density at radius 2 is 1.78 bits per heavy atom. The van der Waals surface area contributed by atoms with Crippen molar-refractivity contribution < 1.29 is 23.9 Å². The minimum absolute atomic E-state index is 0.0259. The van der Waals surface area contributed by atoms with Crippen molar-refractivity contribution in [2.24, 2.45) is 0 Å². The van der Waals surface area contributed by atoms with Gasteiger partial charge in [-0.2, -0.15) is 0 Å². The number of methoxy groups -OCH3 is 1. The van der Waals surface area contributed by atoms with Gasteiger partial charge in [0.25, 0.3) is 11.8 Å². The summed E-state index contributed by atoms with van der Waals surface area (Å²) >= 11 is 6.24. The molecule has 2 fully saturated rings. The fourth-order valence-corrected chi connectivity index (χ4v) is 4.96. The molecule has 0 bridgehead atoms. The Hall–Kier alpha value is -3.10. The summed E-state index contributed by atoms with van der Waals surface area (Å²) in [5.74, 6) is -0.0491. The van der Waals surface area contributed by atoms with Crippen LogP contribution in [-0.4, -0.2) is 72.1 Å². The van der Waals surface area contributed by atoms with E-state index in [0.717, 1.165) is 6.42 Å². The maximum absolute atomic E-state index is 13.8. The standard InChI is InChI=1S/C27H32ClN3O5/c1-4-18(2)29-24(32)23-17-36-27(31(23)25(33)19-9-11-20(35-3)12-10-19)13-15-30(16-14-27)26(34)21-7-5-6-8-22(21)28/h5-12,18,23H,4,13-17H2,1-3H3,(H,29,32). The summed E-state index contributed by atoms with van der Waals surface area (Å²) in [7, 11) is 1.56. The molecule has 0 radical (unpaired) electrons. The molecule has 1 spiro atoms. The molecule has 2 heterocycles. The molecular formula is C27H32ClN3O5. The van der Waals surface area contributed by atoms with Gasteiger partial charge in [0.1, 0.15) is 17.5 Å². The molecule has 4 rings (SSSR count). The summed E-state index contributed by atoms with van der Waals surface area (Å²) in [6.45, 7) is 4.76. The lowest BCUT2D eigenvalue weighted by atomic mass is 9.96. The van der Waals surface area contributed by atoms with Gasteiger partial charge in [-0.25, -0.2) is 0 Å². The molecule has 2 aliphatic heterocycles. The Morgan fingerprint density at radius 3 is 2.39 bits per heavy atom. The molecule has 2 unspecified atom stereocenters. The molecule has 2 aliphatic rings. The van der Waals surface area contributed by atoms with E-state index in [1.165, 1.54) is 0 Å². The van der Waals surface area contributed by atoms with Crippen molar-refractivity contribution in [3.63, 3.8) is 0 Å². The zero-order chi connectivity index (χ0) is 25.9. The lowest BCUT2D eigenvalue weighted by Crippen LogP contribution is -2.60. The molecular weight excluding hydrogens is 482 g/mol. The summed E-state index contributed by atoms with van der Waals surface area (Å²) in [5, 5.41) is 3.39. The average molecular weight is 514 g/mol. The van der Waals surface area contributed by atoms with E-state index in [9.17, 15) is 14.4 Å². The van der Waals surface area contributed by atoms with Crippen LogP contribution in [0.15, 0.2) is 48.5 Å². The first kappa shape index (κ1) is 26.0. The minimum atomic E-state index is -0.980. The van der Waals surface area contributed by atoms with Crippen LogP contribution < -0.4 is 10.1 Å². The molecule has 192 valence electrons. The summed E-state index contributed by atoms with van der Waals surface area (Å²) in [4.78, 5) is 43.4. The van der Waals surface area contributed by atoms with E-state index in [2.05, 4.69) is 5.32 Å². The van der Waals surface area contributed by atoms with Crippen LogP contribution in [-0.2, 0) is 9.53 Å². The van der Waals surface area contributed by atoms with Crippen LogP contribution in [0.5, 0.6) is 5.75 Å². The highest BCUT2D eigenvalue weighted by Crippen LogP contribution is 2.39. The van der Waals surface area contributed by atoms with E-state index in [0.29, 0.717) is 47.8 Å². The molecule has 2 aromatic carbocycles. The fourth-order valence-electron chi connectivity index (χ4n) is 4.74. The van der Waals surface area contributed by atoms with Gasteiger partial charge in [-0.05, 0) is 49.7 Å². The number of nitrogens with one attached hydrogen (secondary N) is 1. The van der Waals surface area contributed by atoms with Gasteiger partial charge >= 0.3 is 0 Å². The second-order valence-electron chi connectivity index (χ2n) is 9.27. The third kappa shape index (κ3) is 5.06. The third-order valence-corrected chi connectivity index (χ3v) is 7.39. The number of hydrogen-bond donors (Lipinski definition) is 1. The maximum atomic E-state index is 13.8. The summed E-state index contributed by atoms with van der Waals surface area (Å²) in [5.41, 5.74) is -0.0952. The van der Waals surface area contributed by atoms with Crippen LogP contribution >= 0.6 is 11.6 Å². The van der Waals surface area contributed by atoms with Crippen LogP contribution in [0.4, 0.5) is 0 Å². The summed E-state index contributed by atoms with van der Waals surface area (Å²) in [6.07, 6.45) is 1.55. The van der Waals surface area contributed by atoms with Crippen LogP contribution in [0.3, 0.4) is 0 Å². The first-order valence-corrected chi connectivity index (χ1v) is 12.6. The predicted octanol–water partition coefficient (Wildman–Crippen LogP) is 3.74. The number of likely N-dealkylation sites (tertiary alicyclic amines) is 1. The number of carbonyl (C=O) groups is 3. The number of amides is 3. The Kier molecular flexibility index (Phi) is 7.85. The molecule has 0 aromatic heterocycles. The number of nitrogens with zero attached hydrogens (tertiary/aromatic N) is 2. The van der Waals surface area contributed by atoms with Gasteiger partial charge in [0.15, 0.2) is 0 Å². The summed E-state index contributed by atoms with van der Waals surface area (Å²) < 4.78 is 11.5. The smallest absolute Gasteiger partial charge is 0.256 e. The monoisotopic (exact) mass is 513 g/mol. The SMILES string of the molecule is CCC(C)NC(=O)C1COC2(CCN(C(=O)c3ccccc3Cl)CC2)N1C(=O)c1ccc(OC)cc1. The molecule has 3 amide bonds. The van der Waals surface area contributed by atoms with Crippen molar-refractivity contribution in [2.45, 2.75) is 50.9 Å². The van der Waals surface area contributed by atoms with Crippen molar-refractivity contribution in [1.82, 2.24) is 15.1 Å². The van der Waals surface area contributed by atoms with Gasteiger partial charge in [0.05, 0.1) is 24.3 Å². The quantitative estimate of drug-likeness (QED) is 0.635. The van der Waals surface area contributed by atoms with Crippen molar-refractivity contribution in [3.8, 4) is 5.75 Å². The number of piperidine rings is 1. The van der Waals surface area contributed by atoms with Gasteiger partial charge in [-0.3, -0.25) is 19.3 Å². The van der Waals surface area contributed by atoms with Crippen LogP contribution in [0.2, 0.25) is 5.02 Å². The van der Waals surface area contributed by atoms with Gasteiger partial charge in [-0.1, -0.05) is 30.7 Å². The molecule has 0 aliphatic carbocycles. The molecule has 9 heteroatoms. The van der Waals surface area contributed by atoms with E-state index in [1.807, 2.05) is 13.8 Å². The number of rotatable bonds is 6. The fraction of sp³-hybridized carbons (Fsp3) is 0.444. The number of benzene rings is 2. The second kappa shape index (κ2) is 10.9. The van der Waals surface area contributed by atoms with Gasteiger partial charge in [0.2, 0.25) is 5.91 Å². The van der Waals surface area contributed by atoms with Crippen molar-refractivity contribution in [1.29, 1.82) is 0 Å². The van der Waals surface area contributed by atoms with Crippen LogP contribution in [0.1, 0.15) is 53.8 Å². The van der Waals surface area contributed by atoms with Crippen molar-refractivity contribution in [2.75, 3.05) is 26.8 Å². The number of halogens is 1. The van der Waals surface area contributed by atoms with Crippen molar-refractivity contribution in [3.05, 3.63) is 64.7 Å². The molecule has 2 aromatic rings. The van der Waals surface area contributed by atoms with Gasteiger partial charge < -0.3 is 19.7 Å². The van der Waals surface area contributed by atoms with E-state index >= 15 is 0 Å². The predicted molar refractivity (Wildman–Crippen MR) is 136 cm³/mol. The molecule has 8 nitrogen and oxygen atoms in total. The molecule has 2 saturated heterocycles. The number of hydrogen-bond acceptors (Lipinski definition) is 5. The Morgan fingerprint density at radius 1 is 1.11 bits per heavy atom. The lowest BCUT2D eigenvalue weighted by Gasteiger charge is -2.44. The minimum Gasteiger partial charge on any atom is -0.497 e. The molecule has 36 heavy (non-hydrogen) atoms. The first-order valence-electron chi connectivity index (χ1n) is 12.3. The molecule has 1 N–H and O–H groups in total. The number of carbonyl (C=O) groups excluding carboxylic acids is 3. The van der Waals surface area contributed by atoms with E-state index in [-0.39, 0.29) is 30.4 Å². The maximum Gasteiger partial charge on any atom is 0.256 e. The Balaban J connectivity index is 1.58. The van der Waals surface area contributed by atoms with Gasteiger partial charge in [-0.15, -0.1) is 0 Å². The van der Waals surface area contributed by atoms with Crippen molar-refractivity contribution >= 4 is 29.3 Å². The van der Waals surface area contributed by atoms with E-state index < -0.39 is 11.8 Å². The summed E-state index contributed by atoms with van der Waals surface area (Å²) in [6, 6.07) is 13.0. The first-order chi connectivity index (χ1) is 17.3. The Bertz CT molecular complexity index is 1110. The largest absolute Gasteiger partial charge is 0.497 e. The average Bonchev–Trinajstić information content (AvgIpc) is 3.27. The normalized spacial score (nSPS) is 19.7. The van der Waals surface area contributed by atoms with E-state index in [1.54, 1.807) is 65.4 Å². The van der Waals surface area contributed by atoms with Crippen LogP contribution in [0.25, 0.3) is 0 Å². The second-order valence-corrected chi connectivity index (χ2v) is 9.67.